The fourth-order valence-corrected chi connectivity index (χ4v) is 4.98. The van der Waals surface area contributed by atoms with E-state index in [1.54, 1.807) is 0 Å². The maximum atomic E-state index is 12.8. The zero-order chi connectivity index (χ0) is 21.8. The number of unbranched alkanes of at least 4 members (excludes halogenated alkanes) is 1. The summed E-state index contributed by atoms with van der Waals surface area (Å²) in [6, 6.07) is 12.1. The highest BCUT2D eigenvalue weighted by Crippen LogP contribution is 2.36. The molecule has 0 fully saturated rings. The van der Waals surface area contributed by atoms with Crippen molar-refractivity contribution in [2.24, 2.45) is 0 Å². The number of nitrogens with zero attached hydrogens (tertiary/aromatic N) is 2. The minimum absolute atomic E-state index is 0.228. The van der Waals surface area contributed by atoms with Gasteiger partial charge in [0.25, 0.3) is 0 Å². The number of carbonyl (C=O) groups excluding carboxylic acids is 2. The van der Waals surface area contributed by atoms with Crippen LogP contribution in [0.3, 0.4) is 0 Å². The molecule has 2 aromatic rings. The minimum Gasteiger partial charge on any atom is -0.312 e. The minimum atomic E-state index is 0.228. The lowest BCUT2D eigenvalue weighted by atomic mass is 9.88. The fourth-order valence-electron chi connectivity index (χ4n) is 4.75. The van der Waals surface area contributed by atoms with Gasteiger partial charge in [-0.2, -0.15) is 0 Å². The number of Topliss-reactive ketones (excluding diaryl/α,β-unsaturated/α-hetero) is 1. The number of rotatable bonds is 9. The topological polar surface area (TPSA) is 40.6 Å². The second-order valence-corrected chi connectivity index (χ2v) is 9.22. The van der Waals surface area contributed by atoms with E-state index in [0.29, 0.717) is 12.8 Å². The van der Waals surface area contributed by atoms with Gasteiger partial charge in [0.1, 0.15) is 0 Å². The number of anilines is 1. The Bertz CT molecular complexity index is 955. The summed E-state index contributed by atoms with van der Waals surface area (Å²) >= 11 is 6.24. The molecule has 164 valence electrons. The SMILES string of the molecule is CN(CCCCC(=O)c1cc2c3c(c1)CCC(=O)N3CCC2)CCc1ccccc1Cl. The predicted octanol–water partition coefficient (Wildman–Crippen LogP) is 5.09. The van der Waals surface area contributed by atoms with Gasteiger partial charge in [-0.3, -0.25) is 9.59 Å². The van der Waals surface area contributed by atoms with Crippen LogP contribution in [0.4, 0.5) is 5.69 Å². The van der Waals surface area contributed by atoms with Crippen molar-refractivity contribution in [1.29, 1.82) is 0 Å². The quantitative estimate of drug-likeness (QED) is 0.404. The van der Waals surface area contributed by atoms with E-state index in [0.717, 1.165) is 74.4 Å². The maximum absolute atomic E-state index is 12.8. The van der Waals surface area contributed by atoms with Gasteiger partial charge in [-0.05, 0) is 87.0 Å². The van der Waals surface area contributed by atoms with Crippen molar-refractivity contribution in [3.63, 3.8) is 0 Å². The zero-order valence-electron chi connectivity index (χ0n) is 18.3. The molecule has 2 aliphatic rings. The monoisotopic (exact) mass is 438 g/mol. The molecular formula is C26H31ClN2O2. The summed E-state index contributed by atoms with van der Waals surface area (Å²) in [7, 11) is 2.12. The fraction of sp³-hybridized carbons (Fsp3) is 0.462. The standard InChI is InChI=1S/C26H31ClN2O2/c1-28(16-13-19-7-2-3-9-23(19)27)14-5-4-10-24(30)22-17-20-8-6-15-29-25(31)12-11-21(18-22)26(20)29/h2-3,7,9,17-18H,4-6,8,10-16H2,1H3. The van der Waals surface area contributed by atoms with E-state index < -0.39 is 0 Å². The van der Waals surface area contributed by atoms with E-state index in [4.69, 9.17) is 11.6 Å². The molecule has 2 aromatic carbocycles. The molecule has 0 saturated heterocycles. The Kier molecular flexibility index (Phi) is 7.09. The third kappa shape index (κ3) is 5.19. The van der Waals surface area contributed by atoms with Crippen molar-refractivity contribution >= 4 is 29.0 Å². The van der Waals surface area contributed by atoms with Gasteiger partial charge in [0.05, 0.1) is 5.69 Å². The van der Waals surface area contributed by atoms with Gasteiger partial charge in [0.15, 0.2) is 5.78 Å². The molecule has 1 amide bonds. The van der Waals surface area contributed by atoms with E-state index in [-0.39, 0.29) is 11.7 Å². The van der Waals surface area contributed by atoms with Crippen LogP contribution in [-0.2, 0) is 24.1 Å². The predicted molar refractivity (Wildman–Crippen MR) is 126 cm³/mol. The summed E-state index contributed by atoms with van der Waals surface area (Å²) in [5.41, 5.74) is 5.47. The van der Waals surface area contributed by atoms with Crippen molar-refractivity contribution in [3.05, 3.63) is 63.7 Å². The third-order valence-electron chi connectivity index (χ3n) is 6.51. The van der Waals surface area contributed by atoms with Gasteiger partial charge >= 0.3 is 0 Å². The molecule has 5 heteroatoms. The number of halogens is 1. The Morgan fingerprint density at radius 1 is 1.06 bits per heavy atom. The number of hydrogen-bond donors (Lipinski definition) is 0. The number of benzene rings is 2. The molecule has 0 aliphatic carbocycles. The molecule has 0 spiro atoms. The Morgan fingerprint density at radius 2 is 1.84 bits per heavy atom. The maximum Gasteiger partial charge on any atom is 0.227 e. The van der Waals surface area contributed by atoms with Gasteiger partial charge in [0, 0.05) is 36.5 Å². The average molecular weight is 439 g/mol. The first kappa shape index (κ1) is 22.0. The van der Waals surface area contributed by atoms with E-state index >= 15 is 0 Å². The second kappa shape index (κ2) is 9.97. The van der Waals surface area contributed by atoms with Gasteiger partial charge in [-0.25, -0.2) is 0 Å². The largest absolute Gasteiger partial charge is 0.312 e. The highest BCUT2D eigenvalue weighted by atomic mass is 35.5. The molecule has 0 unspecified atom stereocenters. The lowest BCUT2D eigenvalue weighted by Gasteiger charge is -2.35. The summed E-state index contributed by atoms with van der Waals surface area (Å²) in [6.45, 7) is 2.75. The Morgan fingerprint density at radius 3 is 2.65 bits per heavy atom. The molecule has 0 saturated carbocycles. The number of ketones is 1. The number of amides is 1. The molecule has 31 heavy (non-hydrogen) atoms. The summed E-state index contributed by atoms with van der Waals surface area (Å²) in [5, 5.41) is 0.832. The zero-order valence-corrected chi connectivity index (χ0v) is 19.1. The Balaban J connectivity index is 1.26. The van der Waals surface area contributed by atoms with Crippen molar-refractivity contribution in [3.8, 4) is 0 Å². The molecule has 0 N–H and O–H groups in total. The van der Waals surface area contributed by atoms with Crippen LogP contribution in [0.25, 0.3) is 0 Å². The normalized spacial score (nSPS) is 15.3. The van der Waals surface area contributed by atoms with E-state index in [1.165, 1.54) is 16.7 Å². The lowest BCUT2D eigenvalue weighted by Crippen LogP contribution is -2.39. The molecule has 0 bridgehead atoms. The molecule has 4 nitrogen and oxygen atoms in total. The van der Waals surface area contributed by atoms with Crippen molar-refractivity contribution < 1.29 is 9.59 Å². The first-order valence-electron chi connectivity index (χ1n) is 11.4. The number of likely N-dealkylation sites (N-methyl/N-ethyl adjacent to an activating group) is 1. The van der Waals surface area contributed by atoms with E-state index in [2.05, 4.69) is 18.0 Å². The van der Waals surface area contributed by atoms with Crippen LogP contribution in [0.15, 0.2) is 36.4 Å². The van der Waals surface area contributed by atoms with Crippen LogP contribution in [0.2, 0.25) is 5.02 Å². The summed E-state index contributed by atoms with van der Waals surface area (Å²) in [5.74, 6) is 0.456. The van der Waals surface area contributed by atoms with Crippen LogP contribution in [0.5, 0.6) is 0 Å². The summed E-state index contributed by atoms with van der Waals surface area (Å²) in [6.07, 6.45) is 6.68. The number of carbonyl (C=O) groups is 2. The van der Waals surface area contributed by atoms with Crippen LogP contribution in [0, 0.1) is 0 Å². The number of hydrogen-bond acceptors (Lipinski definition) is 3. The first-order chi connectivity index (χ1) is 15.0. The van der Waals surface area contributed by atoms with Gasteiger partial charge < -0.3 is 9.80 Å². The first-order valence-corrected chi connectivity index (χ1v) is 11.8. The van der Waals surface area contributed by atoms with E-state index in [1.807, 2.05) is 35.2 Å². The molecule has 0 atom stereocenters. The molecule has 0 aromatic heterocycles. The molecular weight excluding hydrogens is 408 g/mol. The van der Waals surface area contributed by atoms with Crippen LogP contribution < -0.4 is 4.90 Å². The van der Waals surface area contributed by atoms with E-state index in [9.17, 15) is 9.59 Å². The summed E-state index contributed by atoms with van der Waals surface area (Å²) < 4.78 is 0. The summed E-state index contributed by atoms with van der Waals surface area (Å²) in [4.78, 5) is 29.3. The van der Waals surface area contributed by atoms with Crippen molar-refractivity contribution in [1.82, 2.24) is 4.90 Å². The molecule has 4 rings (SSSR count). The highest BCUT2D eigenvalue weighted by molar-refractivity contribution is 6.31. The van der Waals surface area contributed by atoms with Crippen LogP contribution >= 0.6 is 11.6 Å². The van der Waals surface area contributed by atoms with Gasteiger partial charge in [-0.15, -0.1) is 0 Å². The molecule has 0 radical (unpaired) electrons. The van der Waals surface area contributed by atoms with Gasteiger partial charge in [0.2, 0.25) is 5.91 Å². The smallest absolute Gasteiger partial charge is 0.227 e. The second-order valence-electron chi connectivity index (χ2n) is 8.82. The molecule has 2 heterocycles. The third-order valence-corrected chi connectivity index (χ3v) is 6.88. The van der Waals surface area contributed by atoms with Crippen LogP contribution in [0.1, 0.15) is 59.2 Å². The molecule has 2 aliphatic heterocycles. The van der Waals surface area contributed by atoms with Crippen molar-refractivity contribution in [2.45, 2.75) is 51.4 Å². The lowest BCUT2D eigenvalue weighted by molar-refractivity contribution is -0.119. The van der Waals surface area contributed by atoms with Crippen LogP contribution in [-0.4, -0.2) is 43.3 Å². The average Bonchev–Trinajstić information content (AvgIpc) is 2.78. The number of aryl methyl sites for hydroxylation is 2. The Hall–Kier alpha value is -2.17. The van der Waals surface area contributed by atoms with Crippen molar-refractivity contribution in [2.75, 3.05) is 31.6 Å². The highest BCUT2D eigenvalue weighted by Gasteiger charge is 2.30. The van der Waals surface area contributed by atoms with Gasteiger partial charge in [-0.1, -0.05) is 29.8 Å². The Labute approximate surface area is 190 Å².